The molecule has 2 aromatic rings. The van der Waals surface area contributed by atoms with Crippen LogP contribution in [0.15, 0.2) is 47.4 Å². The Morgan fingerprint density at radius 2 is 1.56 bits per heavy atom. The number of hydrogen-bond donors (Lipinski definition) is 1. The summed E-state index contributed by atoms with van der Waals surface area (Å²) >= 11 is 0. The minimum Gasteiger partial charge on any atom is -0.486 e. The number of sulfonamides is 1. The zero-order chi connectivity index (χ0) is 19.3. The summed E-state index contributed by atoms with van der Waals surface area (Å²) in [6.07, 6.45) is 1.54. The quantitative estimate of drug-likeness (QED) is 0.868. The first-order chi connectivity index (χ1) is 12.7. The molecule has 0 radical (unpaired) electrons. The number of nitrogens with one attached hydrogen (secondary N) is 1. The molecule has 0 spiro atoms. The summed E-state index contributed by atoms with van der Waals surface area (Å²) in [7, 11) is -3.61. The van der Waals surface area contributed by atoms with Crippen LogP contribution in [0.25, 0.3) is 0 Å². The van der Waals surface area contributed by atoms with Gasteiger partial charge in [-0.2, -0.15) is 0 Å². The second-order valence-electron chi connectivity index (χ2n) is 8.32. The summed E-state index contributed by atoms with van der Waals surface area (Å²) in [4.78, 5) is 0.291. The fourth-order valence-electron chi connectivity index (χ4n) is 3.37. The van der Waals surface area contributed by atoms with Crippen LogP contribution in [0.1, 0.15) is 44.7 Å². The van der Waals surface area contributed by atoms with Crippen LogP contribution in [0.3, 0.4) is 0 Å². The maximum Gasteiger partial charge on any atom is 0.241 e. The van der Waals surface area contributed by atoms with Crippen molar-refractivity contribution in [3.05, 3.63) is 53.6 Å². The number of ether oxygens (including phenoxy) is 2. The number of fused-ring (bicyclic) bond motifs is 1. The van der Waals surface area contributed by atoms with E-state index in [1.165, 1.54) is 0 Å². The molecule has 27 heavy (non-hydrogen) atoms. The van der Waals surface area contributed by atoms with Crippen LogP contribution in [0.5, 0.6) is 11.5 Å². The predicted molar refractivity (Wildman–Crippen MR) is 104 cm³/mol. The van der Waals surface area contributed by atoms with Crippen LogP contribution >= 0.6 is 0 Å². The van der Waals surface area contributed by atoms with Crippen LogP contribution in [-0.2, 0) is 21.0 Å². The van der Waals surface area contributed by atoms with Crippen molar-refractivity contribution in [3.8, 4) is 11.5 Å². The number of benzene rings is 2. The normalized spacial score (nSPS) is 18.2. The summed E-state index contributed by atoms with van der Waals surface area (Å²) < 4.78 is 40.0. The third-order valence-corrected chi connectivity index (χ3v) is 6.76. The van der Waals surface area contributed by atoms with Crippen molar-refractivity contribution in [2.45, 2.75) is 49.5 Å². The Bertz CT molecular complexity index is 955. The van der Waals surface area contributed by atoms with E-state index in [-0.39, 0.29) is 5.41 Å². The summed E-state index contributed by atoms with van der Waals surface area (Å²) in [5.41, 5.74) is 1.45. The molecule has 1 saturated carbocycles. The van der Waals surface area contributed by atoms with Crippen molar-refractivity contribution in [2.75, 3.05) is 13.2 Å². The standard InChI is InChI=1S/C21H25NO4S/c1-20(2,3)15-4-7-17(8-5-15)27(23,24)22-21(10-11-21)16-6-9-18-19(14-16)26-13-12-25-18/h4-9,14,22H,10-13H2,1-3H3. The van der Waals surface area contributed by atoms with Crippen molar-refractivity contribution in [1.29, 1.82) is 0 Å². The minimum atomic E-state index is -3.61. The Morgan fingerprint density at radius 1 is 0.926 bits per heavy atom. The molecular formula is C21H25NO4S. The largest absolute Gasteiger partial charge is 0.486 e. The first-order valence-electron chi connectivity index (χ1n) is 9.24. The molecule has 5 nitrogen and oxygen atoms in total. The summed E-state index contributed by atoms with van der Waals surface area (Å²) in [6, 6.07) is 12.8. The highest BCUT2D eigenvalue weighted by molar-refractivity contribution is 7.89. The lowest BCUT2D eigenvalue weighted by atomic mass is 9.87. The van der Waals surface area contributed by atoms with Gasteiger partial charge in [0, 0.05) is 0 Å². The Balaban J connectivity index is 1.59. The molecular weight excluding hydrogens is 362 g/mol. The van der Waals surface area contributed by atoms with Gasteiger partial charge in [0.15, 0.2) is 11.5 Å². The molecule has 1 aliphatic carbocycles. The van der Waals surface area contributed by atoms with E-state index < -0.39 is 15.6 Å². The van der Waals surface area contributed by atoms with Gasteiger partial charge in [-0.05, 0) is 53.6 Å². The topological polar surface area (TPSA) is 64.6 Å². The van der Waals surface area contributed by atoms with Crippen molar-refractivity contribution >= 4 is 10.0 Å². The maximum atomic E-state index is 12.9. The van der Waals surface area contributed by atoms with Crippen molar-refractivity contribution in [1.82, 2.24) is 4.72 Å². The number of hydrogen-bond acceptors (Lipinski definition) is 4. The van der Waals surface area contributed by atoms with Crippen LogP contribution in [0.2, 0.25) is 0 Å². The Kier molecular flexibility index (Phi) is 4.24. The van der Waals surface area contributed by atoms with Gasteiger partial charge in [-0.1, -0.05) is 39.0 Å². The first kappa shape index (κ1) is 18.3. The monoisotopic (exact) mass is 387 g/mol. The molecule has 6 heteroatoms. The van der Waals surface area contributed by atoms with Crippen molar-refractivity contribution in [2.24, 2.45) is 0 Å². The summed E-state index contributed by atoms with van der Waals surface area (Å²) in [6.45, 7) is 7.37. The van der Waals surface area contributed by atoms with E-state index >= 15 is 0 Å². The molecule has 2 aliphatic rings. The van der Waals surface area contributed by atoms with Crippen LogP contribution < -0.4 is 14.2 Å². The zero-order valence-corrected chi connectivity index (χ0v) is 16.7. The van der Waals surface area contributed by atoms with Gasteiger partial charge in [-0.15, -0.1) is 0 Å². The third-order valence-electron chi connectivity index (χ3n) is 5.21. The fraction of sp³-hybridized carbons (Fsp3) is 0.429. The van der Waals surface area contributed by atoms with E-state index in [0.717, 1.165) is 24.0 Å². The highest BCUT2D eigenvalue weighted by atomic mass is 32.2. The van der Waals surface area contributed by atoms with Crippen LogP contribution in [-0.4, -0.2) is 21.6 Å². The first-order valence-corrected chi connectivity index (χ1v) is 10.7. The average molecular weight is 388 g/mol. The molecule has 0 unspecified atom stereocenters. The molecule has 1 N–H and O–H groups in total. The van der Waals surface area contributed by atoms with Gasteiger partial charge in [0.2, 0.25) is 10.0 Å². The number of rotatable bonds is 4. The fourth-order valence-corrected chi connectivity index (χ4v) is 4.81. The van der Waals surface area contributed by atoms with Gasteiger partial charge in [-0.25, -0.2) is 13.1 Å². The second-order valence-corrected chi connectivity index (χ2v) is 10.0. The zero-order valence-electron chi connectivity index (χ0n) is 15.9. The van der Waals surface area contributed by atoms with E-state index in [0.29, 0.717) is 29.6 Å². The molecule has 1 heterocycles. The average Bonchev–Trinajstić information content (AvgIpc) is 3.41. The Morgan fingerprint density at radius 3 is 2.15 bits per heavy atom. The van der Waals surface area contributed by atoms with Gasteiger partial charge in [0.1, 0.15) is 13.2 Å². The van der Waals surface area contributed by atoms with Gasteiger partial charge in [0.25, 0.3) is 0 Å². The van der Waals surface area contributed by atoms with Crippen molar-refractivity contribution < 1.29 is 17.9 Å². The van der Waals surface area contributed by atoms with E-state index in [4.69, 9.17) is 9.47 Å². The Labute approximate surface area is 160 Å². The van der Waals surface area contributed by atoms with Gasteiger partial charge in [0.05, 0.1) is 10.4 Å². The molecule has 1 fully saturated rings. The van der Waals surface area contributed by atoms with Crippen LogP contribution in [0.4, 0.5) is 0 Å². The smallest absolute Gasteiger partial charge is 0.241 e. The third kappa shape index (κ3) is 3.56. The second kappa shape index (κ2) is 6.24. The van der Waals surface area contributed by atoms with E-state index in [9.17, 15) is 8.42 Å². The lowest BCUT2D eigenvalue weighted by Gasteiger charge is -2.23. The van der Waals surface area contributed by atoms with E-state index in [1.807, 2.05) is 30.3 Å². The lowest BCUT2D eigenvalue weighted by molar-refractivity contribution is 0.171. The molecule has 144 valence electrons. The van der Waals surface area contributed by atoms with E-state index in [2.05, 4.69) is 25.5 Å². The molecule has 0 saturated heterocycles. The van der Waals surface area contributed by atoms with Gasteiger partial charge < -0.3 is 9.47 Å². The van der Waals surface area contributed by atoms with Crippen molar-refractivity contribution in [3.63, 3.8) is 0 Å². The van der Waals surface area contributed by atoms with Crippen LogP contribution in [0, 0.1) is 0 Å². The van der Waals surface area contributed by atoms with Gasteiger partial charge >= 0.3 is 0 Å². The molecule has 1 aliphatic heterocycles. The van der Waals surface area contributed by atoms with E-state index in [1.54, 1.807) is 12.1 Å². The molecule has 4 rings (SSSR count). The minimum absolute atomic E-state index is 0.0152. The maximum absolute atomic E-state index is 12.9. The Hall–Kier alpha value is -2.05. The van der Waals surface area contributed by atoms with Gasteiger partial charge in [-0.3, -0.25) is 0 Å². The molecule has 0 bridgehead atoms. The summed E-state index contributed by atoms with van der Waals surface area (Å²) in [5, 5.41) is 0. The molecule has 0 aromatic heterocycles. The lowest BCUT2D eigenvalue weighted by Crippen LogP contribution is -2.35. The molecule has 0 amide bonds. The molecule has 2 aromatic carbocycles. The summed E-state index contributed by atoms with van der Waals surface area (Å²) in [5.74, 6) is 1.39. The highest BCUT2D eigenvalue weighted by Crippen LogP contribution is 2.48. The SMILES string of the molecule is CC(C)(C)c1ccc(S(=O)(=O)NC2(c3ccc4c(c3)OCCO4)CC2)cc1. The molecule has 0 atom stereocenters. The highest BCUT2D eigenvalue weighted by Gasteiger charge is 2.48. The predicted octanol–water partition coefficient (Wildman–Crippen LogP) is 3.72.